The van der Waals surface area contributed by atoms with Gasteiger partial charge in [-0.1, -0.05) is 53.4 Å². The summed E-state index contributed by atoms with van der Waals surface area (Å²) in [6, 6.07) is 14.3. The van der Waals surface area contributed by atoms with E-state index in [2.05, 4.69) is 26.0 Å². The molecule has 1 fully saturated rings. The number of rotatable bonds is 7. The van der Waals surface area contributed by atoms with Gasteiger partial charge in [-0.3, -0.25) is 4.79 Å². The standard InChI is InChI=1S/C21H25BrN2O3S/c22-17-5-4-8-19(15-17)23-21(25)14-11-16-9-12-20(13-10-16)28(26,27)24-18-6-2-1-3-7-18/h4-5,8-10,12-13,15,18,24H,1-3,6-7,11,14H2,(H,23,25). The Morgan fingerprint density at radius 1 is 1.04 bits per heavy atom. The highest BCUT2D eigenvalue weighted by atomic mass is 79.9. The molecule has 2 N–H and O–H groups in total. The van der Waals surface area contributed by atoms with Gasteiger partial charge in [0.25, 0.3) is 0 Å². The van der Waals surface area contributed by atoms with Gasteiger partial charge in [0.15, 0.2) is 0 Å². The van der Waals surface area contributed by atoms with Crippen molar-refractivity contribution in [2.75, 3.05) is 5.32 Å². The van der Waals surface area contributed by atoms with E-state index in [0.717, 1.165) is 41.4 Å². The molecule has 7 heteroatoms. The Kier molecular flexibility index (Phi) is 7.26. The third kappa shape index (κ3) is 6.15. The van der Waals surface area contributed by atoms with E-state index in [4.69, 9.17) is 0 Å². The van der Waals surface area contributed by atoms with E-state index in [9.17, 15) is 13.2 Å². The third-order valence-corrected chi connectivity index (χ3v) is 6.94. The van der Waals surface area contributed by atoms with Crippen LogP contribution in [0, 0.1) is 0 Å². The second kappa shape index (κ2) is 9.67. The Morgan fingerprint density at radius 3 is 2.43 bits per heavy atom. The first-order valence-corrected chi connectivity index (χ1v) is 11.9. The highest BCUT2D eigenvalue weighted by Gasteiger charge is 2.21. The molecule has 0 saturated heterocycles. The van der Waals surface area contributed by atoms with Crippen LogP contribution < -0.4 is 10.0 Å². The second-order valence-electron chi connectivity index (χ2n) is 7.16. The lowest BCUT2D eigenvalue weighted by Gasteiger charge is -2.22. The minimum Gasteiger partial charge on any atom is -0.326 e. The van der Waals surface area contributed by atoms with Gasteiger partial charge in [-0.05, 0) is 55.2 Å². The van der Waals surface area contributed by atoms with E-state index >= 15 is 0 Å². The van der Waals surface area contributed by atoms with E-state index in [1.165, 1.54) is 6.42 Å². The van der Waals surface area contributed by atoms with Crippen molar-refractivity contribution >= 4 is 37.5 Å². The minimum absolute atomic E-state index is 0.0418. The van der Waals surface area contributed by atoms with E-state index in [1.807, 2.05) is 24.3 Å². The van der Waals surface area contributed by atoms with Crippen LogP contribution in [0.1, 0.15) is 44.1 Å². The fraction of sp³-hybridized carbons (Fsp3) is 0.381. The predicted molar refractivity (Wildman–Crippen MR) is 115 cm³/mol. The Hall–Kier alpha value is -1.70. The molecule has 5 nitrogen and oxygen atoms in total. The summed E-state index contributed by atoms with van der Waals surface area (Å²) in [4.78, 5) is 12.4. The lowest BCUT2D eigenvalue weighted by Crippen LogP contribution is -2.36. The first kappa shape index (κ1) is 21.0. The normalized spacial score (nSPS) is 15.3. The number of hydrogen-bond acceptors (Lipinski definition) is 3. The number of aryl methyl sites for hydroxylation is 1. The fourth-order valence-corrected chi connectivity index (χ4v) is 5.10. The van der Waals surface area contributed by atoms with Crippen molar-refractivity contribution in [1.82, 2.24) is 4.72 Å². The van der Waals surface area contributed by atoms with Gasteiger partial charge < -0.3 is 5.32 Å². The zero-order valence-electron chi connectivity index (χ0n) is 15.7. The minimum atomic E-state index is -3.49. The lowest BCUT2D eigenvalue weighted by atomic mass is 9.96. The molecule has 0 radical (unpaired) electrons. The summed E-state index contributed by atoms with van der Waals surface area (Å²) in [6.07, 6.45) is 6.04. The molecular weight excluding hydrogens is 440 g/mol. The molecule has 0 bridgehead atoms. The van der Waals surface area contributed by atoms with Crippen LogP contribution in [-0.4, -0.2) is 20.4 Å². The molecule has 0 unspecified atom stereocenters. The van der Waals surface area contributed by atoms with Crippen molar-refractivity contribution in [3.05, 3.63) is 58.6 Å². The van der Waals surface area contributed by atoms with Gasteiger partial charge in [-0.15, -0.1) is 0 Å². The van der Waals surface area contributed by atoms with Gasteiger partial charge in [0.1, 0.15) is 0 Å². The van der Waals surface area contributed by atoms with E-state index in [1.54, 1.807) is 24.3 Å². The maximum Gasteiger partial charge on any atom is 0.240 e. The number of halogens is 1. The Bertz CT molecular complexity index is 908. The van der Waals surface area contributed by atoms with Gasteiger partial charge >= 0.3 is 0 Å². The zero-order valence-corrected chi connectivity index (χ0v) is 18.1. The number of amides is 1. The summed E-state index contributed by atoms with van der Waals surface area (Å²) in [5.74, 6) is -0.0752. The second-order valence-corrected chi connectivity index (χ2v) is 9.79. The molecule has 0 aromatic heterocycles. The summed E-state index contributed by atoms with van der Waals surface area (Å²) >= 11 is 3.38. The van der Waals surface area contributed by atoms with Gasteiger partial charge in [0.2, 0.25) is 15.9 Å². The molecule has 1 amide bonds. The number of carbonyl (C=O) groups is 1. The summed E-state index contributed by atoms with van der Waals surface area (Å²) in [5, 5.41) is 2.86. The molecule has 2 aromatic carbocycles. The Labute approximate surface area is 175 Å². The molecular formula is C21H25BrN2O3S. The van der Waals surface area contributed by atoms with Gasteiger partial charge in [0, 0.05) is 22.6 Å². The van der Waals surface area contributed by atoms with Crippen molar-refractivity contribution in [2.45, 2.75) is 55.9 Å². The van der Waals surface area contributed by atoms with Crippen LogP contribution in [0.2, 0.25) is 0 Å². The van der Waals surface area contributed by atoms with Crippen molar-refractivity contribution in [3.63, 3.8) is 0 Å². The average molecular weight is 465 g/mol. The van der Waals surface area contributed by atoms with Crippen LogP contribution in [0.25, 0.3) is 0 Å². The molecule has 150 valence electrons. The van der Waals surface area contributed by atoms with Crippen molar-refractivity contribution in [2.24, 2.45) is 0 Å². The smallest absolute Gasteiger partial charge is 0.240 e. The SMILES string of the molecule is O=C(CCc1ccc(S(=O)(=O)NC2CCCCC2)cc1)Nc1cccc(Br)c1. The Morgan fingerprint density at radius 2 is 1.75 bits per heavy atom. The van der Waals surface area contributed by atoms with Gasteiger partial charge in [-0.25, -0.2) is 13.1 Å². The average Bonchev–Trinajstić information content (AvgIpc) is 2.67. The molecule has 3 rings (SSSR count). The van der Waals surface area contributed by atoms with E-state index < -0.39 is 10.0 Å². The van der Waals surface area contributed by atoms with Crippen LogP contribution >= 0.6 is 15.9 Å². The number of anilines is 1. The number of carbonyl (C=O) groups excluding carboxylic acids is 1. The fourth-order valence-electron chi connectivity index (χ4n) is 3.39. The van der Waals surface area contributed by atoms with Crippen molar-refractivity contribution in [3.8, 4) is 0 Å². The molecule has 0 heterocycles. The molecule has 1 saturated carbocycles. The topological polar surface area (TPSA) is 75.3 Å². The van der Waals surface area contributed by atoms with Gasteiger partial charge in [-0.2, -0.15) is 0 Å². The first-order valence-electron chi connectivity index (χ1n) is 9.59. The number of benzene rings is 2. The highest BCUT2D eigenvalue weighted by Crippen LogP contribution is 2.20. The predicted octanol–water partition coefficient (Wildman–Crippen LogP) is 4.63. The van der Waals surface area contributed by atoms with Crippen LogP contribution in [-0.2, 0) is 21.2 Å². The monoisotopic (exact) mass is 464 g/mol. The number of sulfonamides is 1. The molecule has 0 atom stereocenters. The van der Waals surface area contributed by atoms with Crippen LogP contribution in [0.3, 0.4) is 0 Å². The summed E-state index contributed by atoms with van der Waals surface area (Å²) in [7, 11) is -3.49. The van der Waals surface area contributed by atoms with Crippen LogP contribution in [0.5, 0.6) is 0 Å². The molecule has 2 aromatic rings. The highest BCUT2D eigenvalue weighted by molar-refractivity contribution is 9.10. The zero-order chi connectivity index (χ0) is 20.0. The van der Waals surface area contributed by atoms with E-state index in [-0.39, 0.29) is 16.8 Å². The summed E-state index contributed by atoms with van der Waals surface area (Å²) in [5.41, 5.74) is 1.68. The molecule has 0 spiro atoms. The quantitative estimate of drug-likeness (QED) is 0.626. The summed E-state index contributed by atoms with van der Waals surface area (Å²) in [6.45, 7) is 0. The van der Waals surface area contributed by atoms with Gasteiger partial charge in [0.05, 0.1) is 4.90 Å². The maximum absolute atomic E-state index is 12.5. The largest absolute Gasteiger partial charge is 0.326 e. The number of nitrogens with one attached hydrogen (secondary N) is 2. The maximum atomic E-state index is 12.5. The van der Waals surface area contributed by atoms with Crippen molar-refractivity contribution in [1.29, 1.82) is 0 Å². The molecule has 1 aliphatic rings. The van der Waals surface area contributed by atoms with E-state index in [0.29, 0.717) is 12.8 Å². The summed E-state index contributed by atoms with van der Waals surface area (Å²) < 4.78 is 28.8. The number of hydrogen-bond donors (Lipinski definition) is 2. The van der Waals surface area contributed by atoms with Crippen molar-refractivity contribution < 1.29 is 13.2 Å². The lowest BCUT2D eigenvalue weighted by molar-refractivity contribution is -0.116. The van der Waals surface area contributed by atoms with Crippen LogP contribution in [0.4, 0.5) is 5.69 Å². The third-order valence-electron chi connectivity index (χ3n) is 4.91. The Balaban J connectivity index is 1.53. The first-order chi connectivity index (χ1) is 13.4. The molecule has 0 aliphatic heterocycles. The molecule has 1 aliphatic carbocycles. The molecule has 28 heavy (non-hydrogen) atoms. The van der Waals surface area contributed by atoms with Crippen LogP contribution in [0.15, 0.2) is 57.9 Å².